The maximum Gasteiger partial charge on any atom is 0.239 e. The van der Waals surface area contributed by atoms with Gasteiger partial charge in [-0.05, 0) is 37.1 Å². The van der Waals surface area contributed by atoms with Crippen molar-refractivity contribution < 1.29 is 4.79 Å². The Morgan fingerprint density at radius 3 is 3.06 bits per heavy atom. The van der Waals surface area contributed by atoms with Crippen LogP contribution >= 0.6 is 0 Å². The maximum absolute atomic E-state index is 12.6. The smallest absolute Gasteiger partial charge is 0.239 e. The number of aromatic nitrogens is 5. The number of hydrogen-bond donors (Lipinski definition) is 3. The molecule has 3 aromatic heterocycles. The van der Waals surface area contributed by atoms with Crippen LogP contribution in [0.4, 0.5) is 11.5 Å². The minimum absolute atomic E-state index is 0.0189. The Kier molecular flexibility index (Phi) is 5.45. The summed E-state index contributed by atoms with van der Waals surface area (Å²) in [4.78, 5) is 26.7. The van der Waals surface area contributed by atoms with Gasteiger partial charge in [-0.25, -0.2) is 9.97 Å². The second kappa shape index (κ2) is 8.70. The van der Waals surface area contributed by atoms with E-state index in [9.17, 15) is 4.79 Å². The van der Waals surface area contributed by atoms with Crippen LogP contribution in [-0.2, 0) is 11.8 Å². The number of aryl methyl sites for hydroxylation is 1. The number of hydrogen-bond acceptors (Lipinski definition) is 6. The fourth-order valence-corrected chi connectivity index (χ4v) is 4.22. The third kappa shape index (κ3) is 4.27. The average molecular weight is 431 g/mol. The molecule has 0 unspecified atom stereocenters. The van der Waals surface area contributed by atoms with Crippen LogP contribution in [0.15, 0.2) is 55.1 Å². The zero-order valence-corrected chi connectivity index (χ0v) is 18.0. The van der Waals surface area contributed by atoms with Gasteiger partial charge in [0.15, 0.2) is 0 Å². The first-order chi connectivity index (χ1) is 15.7. The van der Waals surface area contributed by atoms with Crippen molar-refractivity contribution in [3.05, 3.63) is 55.1 Å². The van der Waals surface area contributed by atoms with E-state index < -0.39 is 0 Å². The summed E-state index contributed by atoms with van der Waals surface area (Å²) in [5.41, 5.74) is 3.65. The lowest BCUT2D eigenvalue weighted by Crippen LogP contribution is -2.49. The molecule has 0 bridgehead atoms. The van der Waals surface area contributed by atoms with Gasteiger partial charge >= 0.3 is 0 Å². The first-order valence-corrected chi connectivity index (χ1v) is 10.8. The lowest BCUT2D eigenvalue weighted by molar-refractivity contribution is -0.120. The molecule has 32 heavy (non-hydrogen) atoms. The van der Waals surface area contributed by atoms with Crippen molar-refractivity contribution >= 4 is 28.4 Å². The Bertz CT molecular complexity index is 1230. The summed E-state index contributed by atoms with van der Waals surface area (Å²) in [5.74, 6) is 0.897. The van der Waals surface area contributed by atoms with Crippen LogP contribution < -0.4 is 15.5 Å². The minimum atomic E-state index is -0.0189. The molecular weight excluding hydrogens is 404 g/mol. The van der Waals surface area contributed by atoms with E-state index in [1.54, 1.807) is 11.0 Å². The van der Waals surface area contributed by atoms with Gasteiger partial charge in [-0.1, -0.05) is 12.1 Å². The van der Waals surface area contributed by atoms with Gasteiger partial charge < -0.3 is 20.5 Å². The second-order valence-corrected chi connectivity index (χ2v) is 8.10. The summed E-state index contributed by atoms with van der Waals surface area (Å²) < 4.78 is 1.78. The molecule has 4 aromatic rings. The quantitative estimate of drug-likeness (QED) is 0.434. The van der Waals surface area contributed by atoms with Crippen molar-refractivity contribution in [3.8, 4) is 11.3 Å². The van der Waals surface area contributed by atoms with E-state index >= 15 is 0 Å². The standard InChI is InChI=1S/C23H26N8O/c1-30-11-8-20(29-30)16-4-2-5-17(12-16)25-13-21(32)28-18-6-3-10-31(14-18)23-19-7-9-24-22(19)26-15-27-23/h2,4-5,7-9,11-12,15,18,25H,3,6,10,13-14H2,1H3,(H,28,32)(H,24,26,27)/t18-/m0/s1. The number of H-pyrrole nitrogens is 1. The molecule has 0 radical (unpaired) electrons. The molecule has 1 aliphatic heterocycles. The van der Waals surface area contributed by atoms with Crippen molar-refractivity contribution in [1.82, 2.24) is 30.0 Å². The lowest BCUT2D eigenvalue weighted by atomic mass is 10.1. The molecule has 1 aromatic carbocycles. The van der Waals surface area contributed by atoms with E-state index in [4.69, 9.17) is 0 Å². The Balaban J connectivity index is 1.18. The van der Waals surface area contributed by atoms with Gasteiger partial charge in [0.25, 0.3) is 0 Å². The second-order valence-electron chi connectivity index (χ2n) is 8.10. The number of nitrogens with zero attached hydrogens (tertiary/aromatic N) is 5. The molecule has 0 spiro atoms. The number of piperidine rings is 1. The molecule has 1 atom stereocenters. The Morgan fingerprint density at radius 2 is 2.19 bits per heavy atom. The number of rotatable bonds is 6. The SMILES string of the molecule is Cn1ccc(-c2cccc(NCC(=O)N[C@H]3CCCN(c4ncnc5[nH]ccc45)C3)c2)n1. The summed E-state index contributed by atoms with van der Waals surface area (Å²) >= 11 is 0. The summed E-state index contributed by atoms with van der Waals surface area (Å²) in [6, 6.07) is 12.0. The van der Waals surface area contributed by atoms with E-state index in [1.807, 2.05) is 55.8 Å². The van der Waals surface area contributed by atoms with Crippen LogP contribution in [0.2, 0.25) is 0 Å². The van der Waals surface area contributed by atoms with Crippen LogP contribution in [-0.4, -0.2) is 56.3 Å². The van der Waals surface area contributed by atoms with E-state index in [2.05, 4.69) is 35.6 Å². The van der Waals surface area contributed by atoms with Gasteiger partial charge in [-0.2, -0.15) is 5.10 Å². The highest BCUT2D eigenvalue weighted by Gasteiger charge is 2.23. The topological polar surface area (TPSA) is 104 Å². The molecule has 0 saturated carbocycles. The number of fused-ring (bicyclic) bond motifs is 1. The van der Waals surface area contributed by atoms with Crippen LogP contribution in [0.1, 0.15) is 12.8 Å². The summed E-state index contributed by atoms with van der Waals surface area (Å²) in [6.07, 6.45) is 7.33. The van der Waals surface area contributed by atoms with Crippen LogP contribution in [0.3, 0.4) is 0 Å². The predicted octanol–water partition coefficient (Wildman–Crippen LogP) is 2.56. The van der Waals surface area contributed by atoms with E-state index in [0.717, 1.165) is 59.7 Å². The largest absolute Gasteiger partial charge is 0.376 e. The molecule has 1 fully saturated rings. The molecule has 1 saturated heterocycles. The van der Waals surface area contributed by atoms with Gasteiger partial charge in [0.05, 0.1) is 17.6 Å². The van der Waals surface area contributed by atoms with E-state index in [1.165, 1.54) is 0 Å². The number of anilines is 2. The highest BCUT2D eigenvalue weighted by Crippen LogP contribution is 2.25. The molecule has 1 aliphatic rings. The first kappa shape index (κ1) is 20.0. The fourth-order valence-electron chi connectivity index (χ4n) is 4.22. The normalized spacial score (nSPS) is 16.3. The lowest BCUT2D eigenvalue weighted by Gasteiger charge is -2.34. The van der Waals surface area contributed by atoms with Gasteiger partial charge in [0, 0.05) is 49.8 Å². The Hall–Kier alpha value is -3.88. The van der Waals surface area contributed by atoms with Gasteiger partial charge in [-0.15, -0.1) is 0 Å². The number of amides is 1. The predicted molar refractivity (Wildman–Crippen MR) is 124 cm³/mol. The van der Waals surface area contributed by atoms with Gasteiger partial charge in [0.2, 0.25) is 5.91 Å². The molecule has 3 N–H and O–H groups in total. The summed E-state index contributed by atoms with van der Waals surface area (Å²) in [5, 5.41) is 11.8. The molecule has 164 valence electrons. The molecule has 4 heterocycles. The van der Waals surface area contributed by atoms with Crippen molar-refractivity contribution in [2.24, 2.45) is 7.05 Å². The van der Waals surface area contributed by atoms with Crippen molar-refractivity contribution in [2.75, 3.05) is 29.9 Å². The zero-order valence-electron chi connectivity index (χ0n) is 18.0. The third-order valence-corrected chi connectivity index (χ3v) is 5.74. The minimum Gasteiger partial charge on any atom is -0.376 e. The Morgan fingerprint density at radius 1 is 1.25 bits per heavy atom. The van der Waals surface area contributed by atoms with Crippen molar-refractivity contribution in [2.45, 2.75) is 18.9 Å². The number of nitrogens with one attached hydrogen (secondary N) is 3. The third-order valence-electron chi connectivity index (χ3n) is 5.74. The highest BCUT2D eigenvalue weighted by atomic mass is 16.2. The molecule has 9 heteroatoms. The van der Waals surface area contributed by atoms with Crippen molar-refractivity contribution in [3.63, 3.8) is 0 Å². The number of aromatic amines is 1. The monoisotopic (exact) mass is 430 g/mol. The molecular formula is C23H26N8O. The van der Waals surface area contributed by atoms with Gasteiger partial charge in [0.1, 0.15) is 17.8 Å². The van der Waals surface area contributed by atoms with Crippen LogP contribution in [0, 0.1) is 0 Å². The molecule has 9 nitrogen and oxygen atoms in total. The Labute approximate surface area is 185 Å². The highest BCUT2D eigenvalue weighted by molar-refractivity contribution is 5.87. The van der Waals surface area contributed by atoms with E-state index in [-0.39, 0.29) is 18.5 Å². The maximum atomic E-state index is 12.6. The van der Waals surface area contributed by atoms with E-state index in [0.29, 0.717) is 0 Å². The zero-order chi connectivity index (χ0) is 21.9. The number of carbonyl (C=O) groups excluding carboxylic acids is 1. The van der Waals surface area contributed by atoms with Crippen LogP contribution in [0.5, 0.6) is 0 Å². The number of carbonyl (C=O) groups is 1. The van der Waals surface area contributed by atoms with Crippen molar-refractivity contribution in [1.29, 1.82) is 0 Å². The number of benzene rings is 1. The summed E-state index contributed by atoms with van der Waals surface area (Å²) in [7, 11) is 1.90. The van der Waals surface area contributed by atoms with Crippen LogP contribution in [0.25, 0.3) is 22.3 Å². The summed E-state index contributed by atoms with van der Waals surface area (Å²) in [6.45, 7) is 1.87. The molecule has 0 aliphatic carbocycles. The molecule has 1 amide bonds. The van der Waals surface area contributed by atoms with Gasteiger partial charge in [-0.3, -0.25) is 9.48 Å². The molecule has 5 rings (SSSR count). The first-order valence-electron chi connectivity index (χ1n) is 10.8. The average Bonchev–Trinajstić information content (AvgIpc) is 3.47. The fraction of sp³-hybridized carbons (Fsp3) is 0.304.